The topological polar surface area (TPSA) is 21.3 Å². The first kappa shape index (κ1) is 14.8. The van der Waals surface area contributed by atoms with Crippen LogP contribution in [0, 0.1) is 0 Å². The molecule has 110 valence electrons. The molecule has 2 aromatic rings. The van der Waals surface area contributed by atoms with Crippen LogP contribution in [0.15, 0.2) is 52.3 Å². The molecule has 0 heterocycles. The molecule has 0 amide bonds. The number of hydrogen-bond acceptors (Lipinski definition) is 3. The van der Waals surface area contributed by atoms with Crippen molar-refractivity contribution in [3.05, 3.63) is 53.1 Å². The molecule has 4 heteroatoms. The number of halogens is 1. The van der Waals surface area contributed by atoms with Gasteiger partial charge in [-0.2, -0.15) is 0 Å². The first-order chi connectivity index (χ1) is 10.3. The molecule has 1 aliphatic rings. The maximum atomic E-state index is 6.39. The summed E-state index contributed by atoms with van der Waals surface area (Å²) in [5.41, 5.74) is 1.17. The highest BCUT2D eigenvalue weighted by molar-refractivity contribution is 7.99. The Balaban J connectivity index is 1.84. The number of benzene rings is 2. The van der Waals surface area contributed by atoms with Crippen molar-refractivity contribution < 1.29 is 4.74 Å². The third-order valence-corrected chi connectivity index (χ3v) is 5.02. The van der Waals surface area contributed by atoms with Crippen LogP contribution in [0.2, 0.25) is 5.02 Å². The SMILES string of the molecule is COc1ccccc1Sc1cccc(Cl)c1CNC1CC1. The van der Waals surface area contributed by atoms with Crippen LogP contribution in [0.4, 0.5) is 0 Å². The van der Waals surface area contributed by atoms with Gasteiger partial charge in [-0.3, -0.25) is 0 Å². The van der Waals surface area contributed by atoms with E-state index in [1.54, 1.807) is 18.9 Å². The van der Waals surface area contributed by atoms with E-state index in [4.69, 9.17) is 16.3 Å². The van der Waals surface area contributed by atoms with Crippen LogP contribution in [0.1, 0.15) is 18.4 Å². The third-order valence-electron chi connectivity index (χ3n) is 3.51. The smallest absolute Gasteiger partial charge is 0.132 e. The van der Waals surface area contributed by atoms with Gasteiger partial charge in [0.05, 0.1) is 12.0 Å². The molecular weight excluding hydrogens is 302 g/mol. The second-order valence-electron chi connectivity index (χ2n) is 5.12. The van der Waals surface area contributed by atoms with E-state index in [1.165, 1.54) is 23.3 Å². The van der Waals surface area contributed by atoms with Crippen LogP contribution in [-0.4, -0.2) is 13.2 Å². The number of hydrogen-bond donors (Lipinski definition) is 1. The Kier molecular flexibility index (Phi) is 4.73. The van der Waals surface area contributed by atoms with E-state index in [1.807, 2.05) is 30.3 Å². The number of methoxy groups -OCH3 is 1. The first-order valence-corrected chi connectivity index (χ1v) is 8.29. The minimum absolute atomic E-state index is 0.672. The summed E-state index contributed by atoms with van der Waals surface area (Å²) in [6, 6.07) is 14.8. The summed E-state index contributed by atoms with van der Waals surface area (Å²) in [5, 5.41) is 4.36. The fourth-order valence-corrected chi connectivity index (χ4v) is 3.55. The van der Waals surface area contributed by atoms with Gasteiger partial charge >= 0.3 is 0 Å². The van der Waals surface area contributed by atoms with Gasteiger partial charge in [-0.05, 0) is 42.7 Å². The molecule has 21 heavy (non-hydrogen) atoms. The monoisotopic (exact) mass is 319 g/mol. The van der Waals surface area contributed by atoms with Crippen molar-refractivity contribution in [3.8, 4) is 5.75 Å². The van der Waals surface area contributed by atoms with Gasteiger partial charge in [-0.25, -0.2) is 0 Å². The zero-order valence-electron chi connectivity index (χ0n) is 11.9. The Morgan fingerprint density at radius 2 is 1.90 bits per heavy atom. The predicted octanol–water partition coefficient (Wildman–Crippen LogP) is 4.75. The van der Waals surface area contributed by atoms with Crippen molar-refractivity contribution in [1.29, 1.82) is 0 Å². The summed E-state index contributed by atoms with van der Waals surface area (Å²) in [6.45, 7) is 0.821. The first-order valence-electron chi connectivity index (χ1n) is 7.09. The van der Waals surface area contributed by atoms with E-state index in [9.17, 15) is 0 Å². The van der Waals surface area contributed by atoms with Crippen molar-refractivity contribution in [2.24, 2.45) is 0 Å². The quantitative estimate of drug-likeness (QED) is 0.830. The number of para-hydroxylation sites is 1. The Hall–Kier alpha value is -1.16. The maximum Gasteiger partial charge on any atom is 0.132 e. The summed E-state index contributed by atoms with van der Waals surface area (Å²) < 4.78 is 5.43. The Morgan fingerprint density at radius 3 is 2.67 bits per heavy atom. The lowest BCUT2D eigenvalue weighted by molar-refractivity contribution is 0.405. The van der Waals surface area contributed by atoms with Gasteiger partial charge in [0.25, 0.3) is 0 Å². The lowest BCUT2D eigenvalue weighted by Gasteiger charge is -2.13. The molecule has 0 atom stereocenters. The molecule has 1 aliphatic carbocycles. The summed E-state index contributed by atoms with van der Waals surface area (Å²) in [5.74, 6) is 0.892. The van der Waals surface area contributed by atoms with Crippen LogP contribution in [-0.2, 0) is 6.54 Å². The number of nitrogens with one attached hydrogen (secondary N) is 1. The Bertz CT molecular complexity index is 628. The average Bonchev–Trinajstić information content (AvgIpc) is 3.31. The van der Waals surface area contributed by atoms with Crippen molar-refractivity contribution in [2.45, 2.75) is 35.2 Å². The second kappa shape index (κ2) is 6.73. The summed E-state index contributed by atoms with van der Waals surface area (Å²) in [4.78, 5) is 2.29. The van der Waals surface area contributed by atoms with E-state index >= 15 is 0 Å². The average molecular weight is 320 g/mol. The molecular formula is C17H18ClNOS. The zero-order chi connectivity index (χ0) is 14.7. The van der Waals surface area contributed by atoms with Crippen molar-refractivity contribution in [2.75, 3.05) is 7.11 Å². The molecule has 0 aliphatic heterocycles. The van der Waals surface area contributed by atoms with Gasteiger partial charge < -0.3 is 10.1 Å². The van der Waals surface area contributed by atoms with E-state index in [2.05, 4.69) is 17.4 Å². The molecule has 0 aromatic heterocycles. The summed E-state index contributed by atoms with van der Waals surface area (Å²) in [6.07, 6.45) is 2.55. The predicted molar refractivity (Wildman–Crippen MR) is 88.4 cm³/mol. The molecule has 0 spiro atoms. The number of ether oxygens (including phenoxy) is 1. The molecule has 1 N–H and O–H groups in total. The van der Waals surface area contributed by atoms with E-state index in [0.29, 0.717) is 6.04 Å². The maximum absolute atomic E-state index is 6.39. The Morgan fingerprint density at radius 1 is 1.14 bits per heavy atom. The highest BCUT2D eigenvalue weighted by Gasteiger charge is 2.21. The normalized spacial score (nSPS) is 14.2. The second-order valence-corrected chi connectivity index (χ2v) is 6.62. The molecule has 3 rings (SSSR count). The molecule has 0 bridgehead atoms. The molecule has 1 fully saturated rings. The molecule has 2 nitrogen and oxygen atoms in total. The minimum atomic E-state index is 0.672. The van der Waals surface area contributed by atoms with Gasteiger partial charge in [0, 0.05) is 22.5 Å². The van der Waals surface area contributed by atoms with Crippen molar-refractivity contribution in [1.82, 2.24) is 5.32 Å². The molecule has 0 saturated heterocycles. The molecule has 0 radical (unpaired) electrons. The van der Waals surface area contributed by atoms with Crippen molar-refractivity contribution >= 4 is 23.4 Å². The van der Waals surface area contributed by atoms with Gasteiger partial charge in [0.1, 0.15) is 5.75 Å². The van der Waals surface area contributed by atoms with Crippen LogP contribution >= 0.6 is 23.4 Å². The molecule has 0 unspecified atom stereocenters. The largest absolute Gasteiger partial charge is 0.496 e. The zero-order valence-corrected chi connectivity index (χ0v) is 13.5. The standard InChI is InChI=1S/C17H18ClNOS/c1-20-15-6-2-3-7-17(15)21-16-8-4-5-14(18)13(16)11-19-12-9-10-12/h2-8,12,19H,9-11H2,1H3. The van der Waals surface area contributed by atoms with Crippen molar-refractivity contribution in [3.63, 3.8) is 0 Å². The van der Waals surface area contributed by atoms with Crippen LogP contribution in [0.3, 0.4) is 0 Å². The highest BCUT2D eigenvalue weighted by atomic mass is 35.5. The third kappa shape index (κ3) is 3.73. The molecule has 2 aromatic carbocycles. The lowest BCUT2D eigenvalue weighted by atomic mass is 10.2. The van der Waals surface area contributed by atoms with E-state index in [-0.39, 0.29) is 0 Å². The lowest BCUT2D eigenvalue weighted by Crippen LogP contribution is -2.16. The van der Waals surface area contributed by atoms with Gasteiger partial charge in [-0.15, -0.1) is 0 Å². The van der Waals surface area contributed by atoms with Crippen LogP contribution in [0.25, 0.3) is 0 Å². The molecule has 1 saturated carbocycles. The van der Waals surface area contributed by atoms with E-state index in [0.717, 1.165) is 22.2 Å². The van der Waals surface area contributed by atoms with E-state index < -0.39 is 0 Å². The summed E-state index contributed by atoms with van der Waals surface area (Å²) in [7, 11) is 1.70. The summed E-state index contributed by atoms with van der Waals surface area (Å²) >= 11 is 8.09. The van der Waals surface area contributed by atoms with Gasteiger partial charge in [-0.1, -0.05) is 41.6 Å². The van der Waals surface area contributed by atoms with Crippen LogP contribution < -0.4 is 10.1 Å². The highest BCUT2D eigenvalue weighted by Crippen LogP contribution is 2.38. The fourth-order valence-electron chi connectivity index (χ4n) is 2.16. The fraction of sp³-hybridized carbons (Fsp3) is 0.294. The van der Waals surface area contributed by atoms with Crippen LogP contribution in [0.5, 0.6) is 5.75 Å². The number of rotatable bonds is 6. The minimum Gasteiger partial charge on any atom is -0.496 e. The Labute approximate surface area is 134 Å². The van der Waals surface area contributed by atoms with Gasteiger partial charge in [0.2, 0.25) is 0 Å². The van der Waals surface area contributed by atoms with Gasteiger partial charge in [0.15, 0.2) is 0 Å².